The molecule has 0 bridgehead atoms. The van der Waals surface area contributed by atoms with Crippen molar-refractivity contribution in [2.45, 2.75) is 26.6 Å². The van der Waals surface area contributed by atoms with E-state index in [-0.39, 0.29) is 12.5 Å². The second kappa shape index (κ2) is 8.82. The lowest BCUT2D eigenvalue weighted by Crippen LogP contribution is -2.34. The lowest BCUT2D eigenvalue weighted by atomic mass is 10.1. The molecule has 0 aliphatic carbocycles. The molecule has 1 atom stereocenters. The zero-order valence-electron chi connectivity index (χ0n) is 17.3. The lowest BCUT2D eigenvalue weighted by molar-refractivity contribution is -0.137. The maximum atomic E-state index is 12.2. The van der Waals surface area contributed by atoms with Gasteiger partial charge in [-0.1, -0.05) is 12.1 Å². The number of carbonyl (C=O) groups is 2. The number of hydrogen-bond donors (Lipinski definition) is 0. The summed E-state index contributed by atoms with van der Waals surface area (Å²) in [6.07, 6.45) is -0.855. The van der Waals surface area contributed by atoms with Crippen LogP contribution in [-0.4, -0.2) is 37.0 Å². The highest BCUT2D eigenvalue weighted by atomic mass is 16.5. The molecule has 7 heteroatoms. The number of likely N-dealkylation sites (N-methyl/N-ethyl adjacent to an activating group) is 1. The molecular weight excluding hydrogens is 386 g/mol. The van der Waals surface area contributed by atoms with Gasteiger partial charge in [0, 0.05) is 31.6 Å². The summed E-state index contributed by atoms with van der Waals surface area (Å²) in [6.45, 7) is 3.66. The molecule has 0 radical (unpaired) electrons. The topological polar surface area (TPSA) is 86.0 Å². The van der Waals surface area contributed by atoms with Gasteiger partial charge in [0.2, 0.25) is 0 Å². The Morgan fingerprint density at radius 3 is 2.43 bits per heavy atom. The molecule has 0 aliphatic rings. The molecule has 0 spiro atoms. The van der Waals surface area contributed by atoms with Crippen molar-refractivity contribution in [3.8, 4) is 5.75 Å². The van der Waals surface area contributed by atoms with Crippen LogP contribution in [0.5, 0.6) is 5.75 Å². The number of ether oxygens (including phenoxy) is 2. The second-order valence-corrected chi connectivity index (χ2v) is 7.17. The summed E-state index contributed by atoms with van der Waals surface area (Å²) in [4.78, 5) is 36.9. The van der Waals surface area contributed by atoms with Crippen LogP contribution in [0.15, 0.2) is 57.7 Å². The third kappa shape index (κ3) is 4.86. The largest absolute Gasteiger partial charge is 0.489 e. The van der Waals surface area contributed by atoms with Gasteiger partial charge < -0.3 is 18.8 Å². The van der Waals surface area contributed by atoms with Crippen LogP contribution < -0.4 is 10.4 Å². The predicted octanol–water partition coefficient (Wildman–Crippen LogP) is 3.31. The van der Waals surface area contributed by atoms with E-state index in [1.54, 1.807) is 44.4 Å². The minimum atomic E-state index is -0.855. The SMILES string of the molecule is Cc1cc(=O)oc2cc(OCc3ccc(C(=O)O[C@@H](C)C(=O)N(C)C)cc3)ccc12. The Balaban J connectivity index is 1.63. The number of nitrogens with zero attached hydrogens (tertiary/aromatic N) is 1. The van der Waals surface area contributed by atoms with Crippen molar-refractivity contribution in [2.75, 3.05) is 14.1 Å². The minimum absolute atomic E-state index is 0.270. The van der Waals surface area contributed by atoms with E-state index < -0.39 is 17.7 Å². The maximum Gasteiger partial charge on any atom is 0.338 e. The van der Waals surface area contributed by atoms with Crippen LogP contribution in [0.25, 0.3) is 11.0 Å². The highest BCUT2D eigenvalue weighted by molar-refractivity contribution is 5.92. The summed E-state index contributed by atoms with van der Waals surface area (Å²) < 4.78 is 16.2. The highest BCUT2D eigenvalue weighted by Crippen LogP contribution is 2.23. The molecule has 156 valence electrons. The summed E-state index contributed by atoms with van der Waals surface area (Å²) in [6, 6.07) is 13.5. The van der Waals surface area contributed by atoms with Gasteiger partial charge in [-0.15, -0.1) is 0 Å². The summed E-state index contributed by atoms with van der Waals surface area (Å²) >= 11 is 0. The summed E-state index contributed by atoms with van der Waals surface area (Å²) in [5.74, 6) is -0.282. The molecular formula is C23H23NO6. The third-order valence-electron chi connectivity index (χ3n) is 4.59. The third-order valence-corrected chi connectivity index (χ3v) is 4.59. The highest BCUT2D eigenvalue weighted by Gasteiger charge is 2.20. The van der Waals surface area contributed by atoms with Crippen LogP contribution in [0.4, 0.5) is 0 Å². The van der Waals surface area contributed by atoms with E-state index in [9.17, 15) is 14.4 Å². The zero-order valence-corrected chi connectivity index (χ0v) is 17.3. The molecule has 7 nitrogen and oxygen atoms in total. The quantitative estimate of drug-likeness (QED) is 0.459. The Morgan fingerprint density at radius 1 is 1.07 bits per heavy atom. The van der Waals surface area contributed by atoms with E-state index in [1.165, 1.54) is 17.9 Å². The Kier molecular flexibility index (Phi) is 6.20. The van der Waals surface area contributed by atoms with E-state index >= 15 is 0 Å². The molecule has 30 heavy (non-hydrogen) atoms. The zero-order chi connectivity index (χ0) is 21.8. The number of benzene rings is 2. The average Bonchev–Trinajstić information content (AvgIpc) is 2.71. The van der Waals surface area contributed by atoms with Crippen LogP contribution in [0, 0.1) is 6.92 Å². The van der Waals surface area contributed by atoms with E-state index in [2.05, 4.69) is 0 Å². The van der Waals surface area contributed by atoms with Gasteiger partial charge in [0.05, 0.1) is 5.56 Å². The van der Waals surface area contributed by atoms with Crippen molar-refractivity contribution in [1.29, 1.82) is 0 Å². The lowest BCUT2D eigenvalue weighted by Gasteiger charge is -2.17. The smallest absolute Gasteiger partial charge is 0.338 e. The molecule has 1 amide bonds. The van der Waals surface area contributed by atoms with Crippen molar-refractivity contribution < 1.29 is 23.5 Å². The van der Waals surface area contributed by atoms with Crippen molar-refractivity contribution in [2.24, 2.45) is 0 Å². The van der Waals surface area contributed by atoms with E-state index in [1.807, 2.05) is 19.1 Å². The molecule has 1 heterocycles. The van der Waals surface area contributed by atoms with Crippen molar-refractivity contribution in [3.05, 3.63) is 75.6 Å². The number of carbonyl (C=O) groups excluding carboxylic acids is 2. The van der Waals surface area contributed by atoms with Gasteiger partial charge in [0.1, 0.15) is 17.9 Å². The fraction of sp³-hybridized carbons (Fsp3) is 0.261. The van der Waals surface area contributed by atoms with Crippen LogP contribution in [0.2, 0.25) is 0 Å². The first-order chi connectivity index (χ1) is 14.2. The van der Waals surface area contributed by atoms with Crippen molar-refractivity contribution >= 4 is 22.8 Å². The van der Waals surface area contributed by atoms with Gasteiger partial charge in [-0.3, -0.25) is 4.79 Å². The van der Waals surface area contributed by atoms with Crippen molar-refractivity contribution in [3.63, 3.8) is 0 Å². The first kappa shape index (κ1) is 21.1. The molecule has 0 unspecified atom stereocenters. The Labute approximate surface area is 173 Å². The fourth-order valence-electron chi connectivity index (χ4n) is 2.94. The number of esters is 1. The molecule has 0 saturated heterocycles. The number of rotatable bonds is 6. The average molecular weight is 409 g/mol. The van der Waals surface area contributed by atoms with Gasteiger partial charge in [-0.25, -0.2) is 9.59 Å². The van der Waals surface area contributed by atoms with Crippen LogP contribution in [-0.2, 0) is 16.1 Å². The standard InChI is InChI=1S/C23H23NO6/c1-14-11-21(25)30-20-12-18(9-10-19(14)20)28-13-16-5-7-17(8-6-16)23(27)29-15(2)22(26)24(3)4/h5-12,15H,13H2,1-4H3/t15-/m0/s1. The minimum Gasteiger partial charge on any atom is -0.489 e. The molecule has 3 rings (SSSR count). The number of hydrogen-bond acceptors (Lipinski definition) is 6. The molecule has 3 aromatic rings. The van der Waals surface area contributed by atoms with E-state index in [0.29, 0.717) is 16.9 Å². The Morgan fingerprint density at radius 2 is 1.77 bits per heavy atom. The molecule has 0 N–H and O–H groups in total. The first-order valence-electron chi connectivity index (χ1n) is 9.43. The fourth-order valence-corrected chi connectivity index (χ4v) is 2.94. The Hall–Kier alpha value is -3.61. The normalized spacial score (nSPS) is 11.7. The number of aryl methyl sites for hydroxylation is 1. The molecule has 0 fully saturated rings. The summed E-state index contributed by atoms with van der Waals surface area (Å²) in [5.41, 5.74) is 2.10. The monoisotopic (exact) mass is 409 g/mol. The number of amides is 1. The Bertz CT molecular complexity index is 1130. The maximum absolute atomic E-state index is 12.2. The van der Waals surface area contributed by atoms with Crippen molar-refractivity contribution in [1.82, 2.24) is 4.90 Å². The van der Waals surface area contributed by atoms with Gasteiger partial charge in [0.25, 0.3) is 5.91 Å². The van der Waals surface area contributed by atoms with Crippen LogP contribution in [0.3, 0.4) is 0 Å². The van der Waals surface area contributed by atoms with Gasteiger partial charge in [0.15, 0.2) is 6.10 Å². The second-order valence-electron chi connectivity index (χ2n) is 7.17. The molecule has 0 saturated carbocycles. The summed E-state index contributed by atoms with van der Waals surface area (Å²) in [5, 5.41) is 0.854. The van der Waals surface area contributed by atoms with Gasteiger partial charge in [-0.05, 0) is 49.2 Å². The van der Waals surface area contributed by atoms with E-state index in [0.717, 1.165) is 16.5 Å². The molecule has 1 aromatic heterocycles. The van der Waals surface area contributed by atoms with E-state index in [4.69, 9.17) is 13.9 Å². The summed E-state index contributed by atoms with van der Waals surface area (Å²) in [7, 11) is 3.21. The van der Waals surface area contributed by atoms with Gasteiger partial charge >= 0.3 is 11.6 Å². The van der Waals surface area contributed by atoms with Crippen LogP contribution in [0.1, 0.15) is 28.4 Å². The predicted molar refractivity (Wildman–Crippen MR) is 112 cm³/mol. The number of fused-ring (bicyclic) bond motifs is 1. The van der Waals surface area contributed by atoms with Crippen LogP contribution >= 0.6 is 0 Å². The first-order valence-corrected chi connectivity index (χ1v) is 9.43. The molecule has 2 aromatic carbocycles. The molecule has 0 aliphatic heterocycles. The van der Waals surface area contributed by atoms with Gasteiger partial charge in [-0.2, -0.15) is 0 Å².